The summed E-state index contributed by atoms with van der Waals surface area (Å²) in [6, 6.07) is 0. The topological polar surface area (TPSA) is 43.4 Å². The molecule has 1 fully saturated rings. The quantitative estimate of drug-likeness (QED) is 0.623. The van der Waals surface area contributed by atoms with Crippen molar-refractivity contribution in [2.75, 3.05) is 6.61 Å². The highest BCUT2D eigenvalue weighted by Crippen LogP contribution is 2.42. The SMILES string of the molecule is CCOC(=O)[C@H]1CC[C@@H]2C(=O)C=C[C@@H]21. The van der Waals surface area contributed by atoms with E-state index in [1.807, 2.05) is 6.08 Å². The minimum atomic E-state index is -0.139. The number of esters is 1. The third-order valence-corrected chi connectivity index (χ3v) is 3.16. The summed E-state index contributed by atoms with van der Waals surface area (Å²) in [4.78, 5) is 22.9. The van der Waals surface area contributed by atoms with Crippen LogP contribution in [0.5, 0.6) is 0 Å². The van der Waals surface area contributed by atoms with Crippen LogP contribution >= 0.6 is 0 Å². The van der Waals surface area contributed by atoms with Gasteiger partial charge in [-0.2, -0.15) is 0 Å². The van der Waals surface area contributed by atoms with Crippen molar-refractivity contribution in [3.63, 3.8) is 0 Å². The highest BCUT2D eigenvalue weighted by atomic mass is 16.5. The molecule has 2 rings (SSSR count). The average Bonchev–Trinajstić information content (AvgIpc) is 2.69. The van der Waals surface area contributed by atoms with Crippen molar-refractivity contribution < 1.29 is 14.3 Å². The lowest BCUT2D eigenvalue weighted by molar-refractivity contribution is -0.148. The van der Waals surface area contributed by atoms with Crippen LogP contribution in [0.3, 0.4) is 0 Å². The van der Waals surface area contributed by atoms with Gasteiger partial charge in [0.25, 0.3) is 0 Å². The van der Waals surface area contributed by atoms with Crippen molar-refractivity contribution in [2.24, 2.45) is 17.8 Å². The van der Waals surface area contributed by atoms with E-state index < -0.39 is 0 Å². The molecule has 2 aliphatic carbocycles. The summed E-state index contributed by atoms with van der Waals surface area (Å²) in [5.41, 5.74) is 0. The molecule has 0 aromatic carbocycles. The normalized spacial score (nSPS) is 34.6. The first-order valence-corrected chi connectivity index (χ1v) is 5.12. The first kappa shape index (κ1) is 9.44. The zero-order chi connectivity index (χ0) is 10.1. The monoisotopic (exact) mass is 194 g/mol. The van der Waals surface area contributed by atoms with Crippen LogP contribution in [0.2, 0.25) is 0 Å². The zero-order valence-electron chi connectivity index (χ0n) is 8.23. The molecule has 0 unspecified atom stereocenters. The average molecular weight is 194 g/mol. The van der Waals surface area contributed by atoms with Gasteiger partial charge in [0, 0.05) is 11.8 Å². The summed E-state index contributed by atoms with van der Waals surface area (Å²) in [6.07, 6.45) is 5.12. The lowest BCUT2D eigenvalue weighted by Gasteiger charge is -2.14. The molecule has 1 saturated carbocycles. The molecule has 0 bridgehead atoms. The predicted octanol–water partition coefficient (Wildman–Crippen LogP) is 1.33. The van der Waals surface area contributed by atoms with E-state index in [2.05, 4.69) is 0 Å². The summed E-state index contributed by atoms with van der Waals surface area (Å²) in [7, 11) is 0. The van der Waals surface area contributed by atoms with Crippen molar-refractivity contribution in [1.29, 1.82) is 0 Å². The Labute approximate surface area is 83.1 Å². The van der Waals surface area contributed by atoms with E-state index in [0.717, 1.165) is 12.8 Å². The smallest absolute Gasteiger partial charge is 0.309 e. The number of carbonyl (C=O) groups is 2. The molecule has 0 heterocycles. The van der Waals surface area contributed by atoms with Crippen molar-refractivity contribution in [3.8, 4) is 0 Å². The van der Waals surface area contributed by atoms with E-state index in [1.54, 1.807) is 13.0 Å². The molecule has 0 aliphatic heterocycles. The van der Waals surface area contributed by atoms with E-state index in [4.69, 9.17) is 4.74 Å². The van der Waals surface area contributed by atoms with Crippen molar-refractivity contribution in [2.45, 2.75) is 19.8 Å². The number of ketones is 1. The van der Waals surface area contributed by atoms with Gasteiger partial charge in [0.05, 0.1) is 12.5 Å². The second-order valence-electron chi connectivity index (χ2n) is 3.88. The van der Waals surface area contributed by atoms with E-state index in [1.165, 1.54) is 0 Å². The Hall–Kier alpha value is -1.12. The van der Waals surface area contributed by atoms with Gasteiger partial charge in [-0.1, -0.05) is 6.08 Å². The van der Waals surface area contributed by atoms with Gasteiger partial charge >= 0.3 is 5.97 Å². The zero-order valence-corrected chi connectivity index (χ0v) is 8.23. The van der Waals surface area contributed by atoms with Crippen LogP contribution in [0.25, 0.3) is 0 Å². The van der Waals surface area contributed by atoms with Crippen LogP contribution in [-0.4, -0.2) is 18.4 Å². The third kappa shape index (κ3) is 1.37. The minimum Gasteiger partial charge on any atom is -0.466 e. The van der Waals surface area contributed by atoms with Crippen LogP contribution in [0.4, 0.5) is 0 Å². The maximum atomic E-state index is 11.5. The molecule has 0 saturated heterocycles. The van der Waals surface area contributed by atoms with Crippen molar-refractivity contribution >= 4 is 11.8 Å². The molecule has 3 nitrogen and oxygen atoms in total. The second-order valence-corrected chi connectivity index (χ2v) is 3.88. The lowest BCUT2D eigenvalue weighted by atomic mass is 9.92. The van der Waals surface area contributed by atoms with Gasteiger partial charge in [-0.25, -0.2) is 0 Å². The van der Waals surface area contributed by atoms with Crippen LogP contribution in [0, 0.1) is 17.8 Å². The van der Waals surface area contributed by atoms with E-state index in [0.29, 0.717) is 6.61 Å². The Bertz CT molecular complexity index is 293. The third-order valence-electron chi connectivity index (χ3n) is 3.16. The van der Waals surface area contributed by atoms with Crippen molar-refractivity contribution in [3.05, 3.63) is 12.2 Å². The number of allylic oxidation sites excluding steroid dienone is 2. The molecule has 0 radical (unpaired) electrons. The molecule has 2 aliphatic rings. The molecular weight excluding hydrogens is 180 g/mol. The van der Waals surface area contributed by atoms with Crippen LogP contribution in [-0.2, 0) is 14.3 Å². The summed E-state index contributed by atoms with van der Waals surface area (Å²) < 4.78 is 4.99. The first-order chi connectivity index (χ1) is 6.74. The molecule has 3 atom stereocenters. The lowest BCUT2D eigenvalue weighted by Crippen LogP contribution is -2.22. The standard InChI is InChI=1S/C11H14O3/c1-2-14-11(13)9-4-3-8-7(9)5-6-10(8)12/h5-9H,2-4H2,1H3/t7-,8-,9-/m0/s1. The second kappa shape index (κ2) is 3.56. The molecule has 0 spiro atoms. The Kier molecular flexibility index (Phi) is 2.40. The Morgan fingerprint density at radius 2 is 2.36 bits per heavy atom. The number of hydrogen-bond donors (Lipinski definition) is 0. The van der Waals surface area contributed by atoms with Gasteiger partial charge in [-0.05, 0) is 25.8 Å². The van der Waals surface area contributed by atoms with Gasteiger partial charge < -0.3 is 4.74 Å². The van der Waals surface area contributed by atoms with Crippen LogP contribution in [0.1, 0.15) is 19.8 Å². The number of carbonyl (C=O) groups excluding carboxylic acids is 2. The Morgan fingerprint density at radius 1 is 1.57 bits per heavy atom. The summed E-state index contributed by atoms with van der Waals surface area (Å²) >= 11 is 0. The van der Waals surface area contributed by atoms with Crippen LogP contribution in [0.15, 0.2) is 12.2 Å². The molecule has 0 amide bonds. The fraction of sp³-hybridized carbons (Fsp3) is 0.636. The number of rotatable bonds is 2. The van der Waals surface area contributed by atoms with Gasteiger partial charge in [-0.3, -0.25) is 9.59 Å². The molecular formula is C11H14O3. The largest absolute Gasteiger partial charge is 0.466 e. The van der Waals surface area contributed by atoms with Gasteiger partial charge in [-0.15, -0.1) is 0 Å². The maximum absolute atomic E-state index is 11.5. The van der Waals surface area contributed by atoms with Gasteiger partial charge in [0.15, 0.2) is 5.78 Å². The highest BCUT2D eigenvalue weighted by Gasteiger charge is 2.44. The molecule has 3 heteroatoms. The summed E-state index contributed by atoms with van der Waals surface area (Å²) in [5, 5.41) is 0. The summed E-state index contributed by atoms with van der Waals surface area (Å²) in [6.45, 7) is 2.23. The molecule has 0 N–H and O–H groups in total. The first-order valence-electron chi connectivity index (χ1n) is 5.12. The summed E-state index contributed by atoms with van der Waals surface area (Å²) in [5.74, 6) is 0.134. The van der Waals surface area contributed by atoms with E-state index in [-0.39, 0.29) is 29.5 Å². The molecule has 76 valence electrons. The maximum Gasteiger partial charge on any atom is 0.309 e. The molecule has 0 aromatic rings. The Morgan fingerprint density at radius 3 is 3.07 bits per heavy atom. The molecule has 0 aromatic heterocycles. The van der Waals surface area contributed by atoms with Crippen LogP contribution < -0.4 is 0 Å². The number of fused-ring (bicyclic) bond motifs is 1. The Balaban J connectivity index is 2.06. The van der Waals surface area contributed by atoms with E-state index in [9.17, 15) is 9.59 Å². The van der Waals surface area contributed by atoms with E-state index >= 15 is 0 Å². The fourth-order valence-corrected chi connectivity index (χ4v) is 2.48. The van der Waals surface area contributed by atoms with Crippen molar-refractivity contribution in [1.82, 2.24) is 0 Å². The molecule has 14 heavy (non-hydrogen) atoms. The van der Waals surface area contributed by atoms with Gasteiger partial charge in [0.1, 0.15) is 0 Å². The fourth-order valence-electron chi connectivity index (χ4n) is 2.48. The number of ether oxygens (including phenoxy) is 1. The number of hydrogen-bond acceptors (Lipinski definition) is 3. The predicted molar refractivity (Wildman–Crippen MR) is 50.5 cm³/mol. The highest BCUT2D eigenvalue weighted by molar-refractivity contribution is 5.96. The minimum absolute atomic E-state index is 0.0596. The van der Waals surface area contributed by atoms with Gasteiger partial charge in [0.2, 0.25) is 0 Å².